The fourth-order valence-corrected chi connectivity index (χ4v) is 2.74. The Bertz CT molecular complexity index is 761. The lowest BCUT2D eigenvalue weighted by molar-refractivity contribution is -0.149. The normalized spacial score (nSPS) is 11.4. The van der Waals surface area contributed by atoms with Crippen molar-refractivity contribution in [2.75, 3.05) is 6.54 Å². The predicted octanol–water partition coefficient (Wildman–Crippen LogP) is 2.50. The molecular formula is C18H24N4O3. The highest BCUT2D eigenvalue weighted by Gasteiger charge is 2.35. The first-order valence-electron chi connectivity index (χ1n) is 8.34. The quantitative estimate of drug-likeness (QED) is 0.804. The summed E-state index contributed by atoms with van der Waals surface area (Å²) in [6.07, 6.45) is 2.38. The zero-order valence-corrected chi connectivity index (χ0v) is 15.0. The second-order valence-electron chi connectivity index (χ2n) is 6.22. The van der Waals surface area contributed by atoms with E-state index in [4.69, 9.17) is 0 Å². The highest BCUT2D eigenvalue weighted by Crippen LogP contribution is 2.25. The maximum atomic E-state index is 12.3. The number of nitrogens with one attached hydrogen (secondary N) is 1. The van der Waals surface area contributed by atoms with Crippen molar-refractivity contribution < 1.29 is 14.7 Å². The molecule has 0 spiro atoms. The van der Waals surface area contributed by atoms with Crippen LogP contribution < -0.4 is 5.32 Å². The minimum absolute atomic E-state index is 0.0907. The van der Waals surface area contributed by atoms with Gasteiger partial charge >= 0.3 is 5.97 Å². The van der Waals surface area contributed by atoms with Crippen molar-refractivity contribution in [3.05, 3.63) is 41.3 Å². The van der Waals surface area contributed by atoms with Gasteiger partial charge in [-0.25, -0.2) is 9.67 Å². The maximum Gasteiger partial charge on any atom is 0.311 e. The molecule has 7 heteroatoms. The summed E-state index contributed by atoms with van der Waals surface area (Å²) in [4.78, 5) is 28.1. The van der Waals surface area contributed by atoms with E-state index in [1.54, 1.807) is 16.8 Å². The van der Waals surface area contributed by atoms with Crippen LogP contribution in [0, 0.1) is 19.3 Å². The van der Waals surface area contributed by atoms with E-state index in [1.165, 1.54) is 6.20 Å². The first kappa shape index (κ1) is 18.6. The minimum atomic E-state index is -0.938. The van der Waals surface area contributed by atoms with E-state index < -0.39 is 11.4 Å². The molecular weight excluding hydrogens is 320 g/mol. The van der Waals surface area contributed by atoms with Gasteiger partial charge in [-0.1, -0.05) is 13.8 Å². The Balaban J connectivity index is 2.10. The topological polar surface area (TPSA) is 97.1 Å². The van der Waals surface area contributed by atoms with Gasteiger partial charge in [-0.15, -0.1) is 0 Å². The molecule has 2 heterocycles. The maximum absolute atomic E-state index is 12.3. The first-order valence-corrected chi connectivity index (χ1v) is 8.34. The number of aryl methyl sites for hydroxylation is 2. The van der Waals surface area contributed by atoms with Crippen LogP contribution >= 0.6 is 0 Å². The van der Waals surface area contributed by atoms with Crippen LogP contribution in [-0.4, -0.2) is 38.3 Å². The van der Waals surface area contributed by atoms with Crippen molar-refractivity contribution in [1.82, 2.24) is 20.1 Å². The van der Waals surface area contributed by atoms with E-state index in [2.05, 4.69) is 15.4 Å². The van der Waals surface area contributed by atoms with Crippen molar-refractivity contribution in [1.29, 1.82) is 0 Å². The van der Waals surface area contributed by atoms with Crippen molar-refractivity contribution in [3.63, 3.8) is 0 Å². The molecule has 0 aliphatic carbocycles. The van der Waals surface area contributed by atoms with Crippen LogP contribution in [0.2, 0.25) is 0 Å². The zero-order chi connectivity index (χ0) is 18.6. The average Bonchev–Trinajstić information content (AvgIpc) is 2.94. The first-order chi connectivity index (χ1) is 11.8. The fraction of sp³-hybridized carbons (Fsp3) is 0.444. The Hall–Kier alpha value is -2.70. The van der Waals surface area contributed by atoms with E-state index in [1.807, 2.05) is 33.8 Å². The number of carbonyl (C=O) groups excluding carboxylic acids is 1. The van der Waals surface area contributed by atoms with Gasteiger partial charge in [0.05, 0.1) is 16.7 Å². The molecule has 0 aliphatic heterocycles. The van der Waals surface area contributed by atoms with Crippen LogP contribution in [0.4, 0.5) is 0 Å². The zero-order valence-electron chi connectivity index (χ0n) is 15.0. The average molecular weight is 344 g/mol. The molecule has 134 valence electrons. The van der Waals surface area contributed by atoms with Gasteiger partial charge in [0.25, 0.3) is 5.91 Å². The van der Waals surface area contributed by atoms with Gasteiger partial charge in [-0.2, -0.15) is 5.10 Å². The standard InChI is InChI=1S/C18H24N4O3/c1-5-18(6-2,17(24)25)11-20-16(23)14-7-8-15(19-10-14)22-13(4)9-12(3)21-22/h7-10H,5-6,11H2,1-4H3,(H,20,23)(H,24,25). The van der Waals surface area contributed by atoms with Gasteiger partial charge in [0.2, 0.25) is 0 Å². The number of aromatic nitrogens is 3. The third-order valence-corrected chi connectivity index (χ3v) is 4.63. The highest BCUT2D eigenvalue weighted by molar-refractivity contribution is 5.94. The third-order valence-electron chi connectivity index (χ3n) is 4.63. The Labute approximate surface area is 147 Å². The van der Waals surface area contributed by atoms with E-state index in [0.29, 0.717) is 24.2 Å². The van der Waals surface area contributed by atoms with Crippen LogP contribution in [0.5, 0.6) is 0 Å². The van der Waals surface area contributed by atoms with Gasteiger partial charge in [-0.3, -0.25) is 9.59 Å². The molecule has 2 aromatic rings. The Morgan fingerprint density at radius 3 is 2.36 bits per heavy atom. The van der Waals surface area contributed by atoms with Gasteiger partial charge in [0.15, 0.2) is 5.82 Å². The molecule has 0 aliphatic rings. The lowest BCUT2D eigenvalue weighted by Gasteiger charge is -2.26. The number of hydrogen-bond donors (Lipinski definition) is 2. The van der Waals surface area contributed by atoms with Crippen LogP contribution in [-0.2, 0) is 4.79 Å². The minimum Gasteiger partial charge on any atom is -0.481 e. The van der Waals surface area contributed by atoms with E-state index in [0.717, 1.165) is 11.4 Å². The van der Waals surface area contributed by atoms with Crippen LogP contribution in [0.1, 0.15) is 48.4 Å². The number of aliphatic carboxylic acids is 1. The Morgan fingerprint density at radius 2 is 1.92 bits per heavy atom. The molecule has 2 N–H and O–H groups in total. The molecule has 0 bridgehead atoms. The number of nitrogens with zero attached hydrogens (tertiary/aromatic N) is 3. The van der Waals surface area contributed by atoms with Crippen molar-refractivity contribution in [2.24, 2.45) is 5.41 Å². The van der Waals surface area contributed by atoms with Crippen LogP contribution in [0.25, 0.3) is 5.82 Å². The monoisotopic (exact) mass is 344 g/mol. The molecule has 25 heavy (non-hydrogen) atoms. The summed E-state index contributed by atoms with van der Waals surface area (Å²) >= 11 is 0. The number of carboxylic acids is 1. The van der Waals surface area contributed by atoms with E-state index in [-0.39, 0.29) is 12.5 Å². The summed E-state index contributed by atoms with van der Waals surface area (Å²) in [5.74, 6) is -0.597. The lowest BCUT2D eigenvalue weighted by Crippen LogP contribution is -2.42. The highest BCUT2D eigenvalue weighted by atomic mass is 16.4. The second kappa shape index (κ2) is 7.46. The molecule has 0 radical (unpaired) electrons. The van der Waals surface area contributed by atoms with Crippen molar-refractivity contribution in [3.8, 4) is 5.82 Å². The molecule has 1 amide bonds. The predicted molar refractivity (Wildman–Crippen MR) is 93.8 cm³/mol. The van der Waals surface area contributed by atoms with Gasteiger partial charge in [0, 0.05) is 18.4 Å². The summed E-state index contributed by atoms with van der Waals surface area (Å²) in [7, 11) is 0. The summed E-state index contributed by atoms with van der Waals surface area (Å²) in [6, 6.07) is 5.33. The summed E-state index contributed by atoms with van der Waals surface area (Å²) in [6.45, 7) is 7.56. The van der Waals surface area contributed by atoms with E-state index >= 15 is 0 Å². The number of amides is 1. The molecule has 0 saturated heterocycles. The Morgan fingerprint density at radius 1 is 1.24 bits per heavy atom. The lowest BCUT2D eigenvalue weighted by atomic mass is 9.82. The summed E-state index contributed by atoms with van der Waals surface area (Å²) in [5.41, 5.74) is 1.30. The van der Waals surface area contributed by atoms with E-state index in [9.17, 15) is 14.7 Å². The molecule has 0 atom stereocenters. The van der Waals surface area contributed by atoms with Crippen LogP contribution in [0.15, 0.2) is 24.4 Å². The third kappa shape index (κ3) is 3.87. The number of pyridine rings is 1. The molecule has 7 nitrogen and oxygen atoms in total. The van der Waals surface area contributed by atoms with Crippen molar-refractivity contribution >= 4 is 11.9 Å². The van der Waals surface area contributed by atoms with Crippen molar-refractivity contribution in [2.45, 2.75) is 40.5 Å². The fourth-order valence-electron chi connectivity index (χ4n) is 2.74. The molecule has 0 fully saturated rings. The summed E-state index contributed by atoms with van der Waals surface area (Å²) < 4.78 is 1.71. The molecule has 2 aromatic heterocycles. The van der Waals surface area contributed by atoms with Crippen LogP contribution in [0.3, 0.4) is 0 Å². The molecule has 0 saturated carbocycles. The smallest absolute Gasteiger partial charge is 0.311 e. The number of rotatable bonds is 7. The molecule has 0 unspecified atom stereocenters. The SMILES string of the molecule is CCC(CC)(CNC(=O)c1ccc(-n2nc(C)cc2C)nc1)C(=O)O. The number of carbonyl (C=O) groups is 2. The van der Waals surface area contributed by atoms with Gasteiger partial charge in [-0.05, 0) is 44.9 Å². The van der Waals surface area contributed by atoms with Gasteiger partial charge in [0.1, 0.15) is 0 Å². The van der Waals surface area contributed by atoms with Gasteiger partial charge < -0.3 is 10.4 Å². The summed E-state index contributed by atoms with van der Waals surface area (Å²) in [5, 5.41) is 16.5. The second-order valence-corrected chi connectivity index (χ2v) is 6.22. The largest absolute Gasteiger partial charge is 0.481 e. The Kier molecular flexibility index (Phi) is 5.56. The number of hydrogen-bond acceptors (Lipinski definition) is 4. The number of carboxylic acid groups (broad SMARTS) is 1. The molecule has 0 aromatic carbocycles. The molecule has 2 rings (SSSR count).